The topological polar surface area (TPSA) is 88.2 Å². The number of benzene rings is 2. The molecule has 0 heterocycles. The fourth-order valence-electron chi connectivity index (χ4n) is 2.48. The summed E-state index contributed by atoms with van der Waals surface area (Å²) in [5.74, 6) is -1.61. The van der Waals surface area contributed by atoms with E-state index in [1.165, 1.54) is 10.0 Å². The predicted molar refractivity (Wildman–Crippen MR) is 135 cm³/mol. The van der Waals surface area contributed by atoms with Crippen LogP contribution in [-0.2, 0) is 14.8 Å². The molecule has 2 aromatic rings. The molecule has 0 bridgehead atoms. The molecule has 0 aliphatic heterocycles. The van der Waals surface area contributed by atoms with Crippen molar-refractivity contribution >= 4 is 62.0 Å². The van der Waals surface area contributed by atoms with E-state index in [1.54, 1.807) is 92.6 Å². The lowest BCUT2D eigenvalue weighted by Crippen LogP contribution is -2.55. The minimum atomic E-state index is -4.11. The number of para-hydroxylation sites is 2. The lowest BCUT2D eigenvalue weighted by molar-refractivity contribution is -0.118. The van der Waals surface area contributed by atoms with E-state index < -0.39 is 21.7 Å². The van der Waals surface area contributed by atoms with Gasteiger partial charge in [-0.2, -0.15) is 0 Å². The highest BCUT2D eigenvalue weighted by molar-refractivity contribution is 7.90. The number of sulfonamides is 1. The van der Waals surface area contributed by atoms with E-state index in [0.29, 0.717) is 11.4 Å². The third-order valence-corrected chi connectivity index (χ3v) is 6.16. The van der Waals surface area contributed by atoms with Crippen LogP contribution in [0.2, 0.25) is 0 Å². The number of nitrogens with one attached hydrogen (secondary N) is 2. The van der Waals surface area contributed by atoms with Crippen LogP contribution in [0.3, 0.4) is 0 Å². The van der Waals surface area contributed by atoms with E-state index in [4.69, 9.17) is 24.4 Å². The molecule has 2 rings (SSSR count). The maximum absolute atomic E-state index is 12.8. The van der Waals surface area contributed by atoms with Gasteiger partial charge in [-0.25, -0.2) is 18.4 Å². The molecular formula is C20H26N6O3S3. The minimum Gasteiger partial charge on any atom is -0.354 e. The Morgan fingerprint density at radius 1 is 0.781 bits per heavy atom. The number of rotatable bonds is 6. The quantitative estimate of drug-likeness (QED) is 0.459. The summed E-state index contributed by atoms with van der Waals surface area (Å²) in [5.41, 5.74) is 3.66. The number of anilines is 2. The average Bonchev–Trinajstić information content (AvgIpc) is 2.75. The van der Waals surface area contributed by atoms with Crippen molar-refractivity contribution in [3.63, 3.8) is 0 Å². The molecule has 1 amide bonds. The Morgan fingerprint density at radius 3 is 1.62 bits per heavy atom. The average molecular weight is 495 g/mol. The fourth-order valence-corrected chi connectivity index (χ4v) is 3.78. The first-order valence-electron chi connectivity index (χ1n) is 9.44. The zero-order valence-electron chi connectivity index (χ0n) is 18.2. The molecule has 0 aliphatic carbocycles. The van der Waals surface area contributed by atoms with Crippen LogP contribution < -0.4 is 20.3 Å². The van der Waals surface area contributed by atoms with Crippen LogP contribution in [0.4, 0.5) is 11.4 Å². The van der Waals surface area contributed by atoms with Crippen LogP contribution in [0.15, 0.2) is 60.7 Å². The molecule has 0 atom stereocenters. The van der Waals surface area contributed by atoms with Gasteiger partial charge in [0.25, 0.3) is 5.91 Å². The van der Waals surface area contributed by atoms with Crippen LogP contribution in [0.1, 0.15) is 0 Å². The molecule has 0 aromatic heterocycles. The lowest BCUT2D eigenvalue weighted by Gasteiger charge is -2.30. The van der Waals surface area contributed by atoms with Gasteiger partial charge in [-0.15, -0.1) is 4.83 Å². The molecule has 0 spiro atoms. The second-order valence-electron chi connectivity index (χ2n) is 7.08. The van der Waals surface area contributed by atoms with Crippen molar-refractivity contribution in [2.45, 2.75) is 0 Å². The summed E-state index contributed by atoms with van der Waals surface area (Å²) >= 11 is 10.7. The van der Waals surface area contributed by atoms with Crippen LogP contribution in [0.25, 0.3) is 0 Å². The summed E-state index contributed by atoms with van der Waals surface area (Å²) in [6.07, 6.45) is 0. The molecule has 0 radical (unpaired) electrons. The van der Waals surface area contributed by atoms with Gasteiger partial charge < -0.3 is 9.80 Å². The van der Waals surface area contributed by atoms with Gasteiger partial charge in [0.15, 0.2) is 10.2 Å². The number of hydrogen-bond acceptors (Lipinski definition) is 5. The summed E-state index contributed by atoms with van der Waals surface area (Å²) < 4.78 is 25.6. The number of hydrogen-bond donors (Lipinski definition) is 2. The number of nitrogens with zero attached hydrogens (tertiary/aromatic N) is 4. The zero-order chi connectivity index (χ0) is 23.9. The molecule has 2 N–H and O–H groups in total. The van der Waals surface area contributed by atoms with Crippen molar-refractivity contribution < 1.29 is 13.2 Å². The smallest absolute Gasteiger partial charge is 0.255 e. The van der Waals surface area contributed by atoms with Gasteiger partial charge in [-0.1, -0.05) is 36.4 Å². The number of carbonyl (C=O) groups excluding carboxylic acids is 1. The van der Waals surface area contributed by atoms with Gasteiger partial charge in [0, 0.05) is 28.2 Å². The van der Waals surface area contributed by atoms with Crippen LogP contribution in [0, 0.1) is 0 Å². The Hall–Kier alpha value is -2.80. The predicted octanol–water partition coefficient (Wildman–Crippen LogP) is 1.56. The maximum Gasteiger partial charge on any atom is 0.255 e. The highest BCUT2D eigenvalue weighted by atomic mass is 32.2. The van der Waals surface area contributed by atoms with E-state index in [-0.39, 0.29) is 10.2 Å². The van der Waals surface area contributed by atoms with E-state index in [9.17, 15) is 13.2 Å². The van der Waals surface area contributed by atoms with Gasteiger partial charge in [-0.05, 0) is 48.7 Å². The van der Waals surface area contributed by atoms with Gasteiger partial charge >= 0.3 is 0 Å². The first-order chi connectivity index (χ1) is 15.0. The van der Waals surface area contributed by atoms with Gasteiger partial charge in [0.2, 0.25) is 10.0 Å². The normalized spacial score (nSPS) is 10.8. The SMILES string of the molecule is CN(C)C(=S)N(NC(=O)CS(=O)(=O)NN(C(=S)N(C)C)c1ccccc1)c1ccccc1. The highest BCUT2D eigenvalue weighted by Crippen LogP contribution is 2.15. The number of thiocarbonyl (C=S) groups is 2. The number of hydrazine groups is 2. The summed E-state index contributed by atoms with van der Waals surface area (Å²) in [5, 5.41) is 3.08. The van der Waals surface area contributed by atoms with Crippen molar-refractivity contribution in [1.29, 1.82) is 0 Å². The van der Waals surface area contributed by atoms with Crippen LogP contribution in [-0.4, -0.2) is 68.3 Å². The van der Waals surface area contributed by atoms with E-state index in [0.717, 1.165) is 0 Å². The monoisotopic (exact) mass is 494 g/mol. The summed E-state index contributed by atoms with van der Waals surface area (Å²) in [4.78, 5) is 18.3. The van der Waals surface area contributed by atoms with Crippen LogP contribution in [0.5, 0.6) is 0 Å². The number of amides is 1. The second kappa shape index (κ2) is 11.2. The molecule has 2 aromatic carbocycles. The second-order valence-corrected chi connectivity index (χ2v) is 9.51. The summed E-state index contributed by atoms with van der Waals surface area (Å²) in [6, 6.07) is 17.6. The van der Waals surface area contributed by atoms with E-state index in [2.05, 4.69) is 10.3 Å². The minimum absolute atomic E-state index is 0.208. The molecule has 9 nitrogen and oxygen atoms in total. The zero-order valence-corrected chi connectivity index (χ0v) is 20.7. The summed E-state index contributed by atoms with van der Waals surface area (Å²) in [7, 11) is 2.72. The van der Waals surface area contributed by atoms with Crippen molar-refractivity contribution in [1.82, 2.24) is 20.1 Å². The van der Waals surface area contributed by atoms with Crippen molar-refractivity contribution in [3.8, 4) is 0 Å². The molecule has 12 heteroatoms. The third kappa shape index (κ3) is 7.12. The molecule has 172 valence electrons. The lowest BCUT2D eigenvalue weighted by atomic mass is 10.3. The molecule has 0 fully saturated rings. The van der Waals surface area contributed by atoms with Gasteiger partial charge in [-0.3, -0.25) is 10.2 Å². The largest absolute Gasteiger partial charge is 0.354 e. The molecule has 0 aliphatic rings. The Kier molecular flexibility index (Phi) is 8.89. The molecule has 0 unspecified atom stereocenters. The van der Waals surface area contributed by atoms with Crippen molar-refractivity contribution in [3.05, 3.63) is 60.7 Å². The Balaban J connectivity index is 2.20. The highest BCUT2D eigenvalue weighted by Gasteiger charge is 2.25. The van der Waals surface area contributed by atoms with Crippen LogP contribution >= 0.6 is 24.4 Å². The van der Waals surface area contributed by atoms with E-state index in [1.807, 2.05) is 6.07 Å². The van der Waals surface area contributed by atoms with Gasteiger partial charge in [0.1, 0.15) is 5.75 Å². The summed E-state index contributed by atoms with van der Waals surface area (Å²) in [6.45, 7) is 0. The molecule has 0 saturated heterocycles. The first-order valence-corrected chi connectivity index (χ1v) is 11.9. The standard InChI is InChI=1S/C20H26N6O3S3/c1-23(2)19(30)25(16-11-7-5-8-12-16)21-18(27)15-32(28,29)22-26(20(31)24(3)4)17-13-9-6-10-14-17/h5-14,22H,15H2,1-4H3,(H,21,27). The molecule has 32 heavy (non-hydrogen) atoms. The fraction of sp³-hybridized carbons (Fsp3) is 0.250. The van der Waals surface area contributed by atoms with Crippen molar-refractivity contribution in [2.75, 3.05) is 44.0 Å². The third-order valence-electron chi connectivity index (χ3n) is 3.96. The first kappa shape index (κ1) is 25.5. The molecular weight excluding hydrogens is 468 g/mol. The number of carbonyl (C=O) groups is 1. The Morgan fingerprint density at radius 2 is 1.19 bits per heavy atom. The molecule has 0 saturated carbocycles. The van der Waals surface area contributed by atoms with E-state index >= 15 is 0 Å². The Labute approximate surface area is 199 Å². The maximum atomic E-state index is 12.8. The van der Waals surface area contributed by atoms with Crippen molar-refractivity contribution in [2.24, 2.45) is 0 Å². The Bertz CT molecular complexity index is 1050. The van der Waals surface area contributed by atoms with Gasteiger partial charge in [0.05, 0.1) is 11.4 Å².